The number of nitrogens with zero attached hydrogens (tertiary/aromatic N) is 3. The van der Waals surface area contributed by atoms with Crippen LogP contribution >= 0.6 is 27.3 Å². The SMILES string of the molecule is CCOc1cc(/C=N\n2cnc3sc4c(c3c2=O)CCCC4)cc(Br)c1OCC. The van der Waals surface area contributed by atoms with Crippen LogP contribution in [0.25, 0.3) is 10.2 Å². The summed E-state index contributed by atoms with van der Waals surface area (Å²) < 4.78 is 13.5. The summed E-state index contributed by atoms with van der Waals surface area (Å²) in [5.74, 6) is 1.30. The second-order valence-corrected chi connectivity index (χ2v) is 8.66. The minimum atomic E-state index is -0.110. The van der Waals surface area contributed by atoms with Crippen LogP contribution in [0.4, 0.5) is 0 Å². The van der Waals surface area contributed by atoms with Crippen molar-refractivity contribution in [3.63, 3.8) is 0 Å². The number of aryl methyl sites for hydroxylation is 2. The maximum Gasteiger partial charge on any atom is 0.282 e. The van der Waals surface area contributed by atoms with E-state index in [2.05, 4.69) is 26.0 Å². The van der Waals surface area contributed by atoms with Gasteiger partial charge in [-0.1, -0.05) is 0 Å². The Balaban J connectivity index is 1.71. The van der Waals surface area contributed by atoms with Crippen molar-refractivity contribution >= 4 is 43.7 Å². The van der Waals surface area contributed by atoms with Crippen LogP contribution in [-0.2, 0) is 12.8 Å². The lowest BCUT2D eigenvalue weighted by Crippen LogP contribution is -2.18. The van der Waals surface area contributed by atoms with Crippen molar-refractivity contribution in [2.45, 2.75) is 39.5 Å². The predicted octanol–water partition coefficient (Wildman–Crippen LogP) is 4.78. The van der Waals surface area contributed by atoms with E-state index in [0.29, 0.717) is 24.7 Å². The molecule has 0 saturated carbocycles. The molecule has 152 valence electrons. The van der Waals surface area contributed by atoms with Crippen LogP contribution in [0.15, 0.2) is 32.8 Å². The van der Waals surface area contributed by atoms with Crippen LogP contribution in [0.3, 0.4) is 0 Å². The number of thiophene rings is 1. The van der Waals surface area contributed by atoms with Gasteiger partial charge in [0.1, 0.15) is 11.2 Å². The van der Waals surface area contributed by atoms with Crippen molar-refractivity contribution in [2.24, 2.45) is 5.10 Å². The van der Waals surface area contributed by atoms with Crippen molar-refractivity contribution in [1.82, 2.24) is 9.66 Å². The minimum absolute atomic E-state index is 0.110. The largest absolute Gasteiger partial charge is 0.490 e. The number of ether oxygens (including phenoxy) is 2. The Labute approximate surface area is 181 Å². The van der Waals surface area contributed by atoms with Crippen molar-refractivity contribution in [1.29, 1.82) is 0 Å². The van der Waals surface area contributed by atoms with Crippen LogP contribution < -0.4 is 15.0 Å². The average Bonchev–Trinajstić information content (AvgIpc) is 3.09. The lowest BCUT2D eigenvalue weighted by Gasteiger charge is -2.13. The summed E-state index contributed by atoms with van der Waals surface area (Å²) in [6.07, 6.45) is 7.42. The number of benzene rings is 1. The third kappa shape index (κ3) is 3.96. The summed E-state index contributed by atoms with van der Waals surface area (Å²) >= 11 is 5.17. The molecule has 29 heavy (non-hydrogen) atoms. The average molecular weight is 476 g/mol. The Kier molecular flexibility index (Phi) is 6.01. The highest BCUT2D eigenvalue weighted by atomic mass is 79.9. The van der Waals surface area contributed by atoms with Crippen LogP contribution in [0.2, 0.25) is 0 Å². The summed E-state index contributed by atoms with van der Waals surface area (Å²) in [6, 6.07) is 3.74. The minimum Gasteiger partial charge on any atom is -0.490 e. The first-order valence-electron chi connectivity index (χ1n) is 9.77. The van der Waals surface area contributed by atoms with E-state index in [0.717, 1.165) is 39.5 Å². The quantitative estimate of drug-likeness (QED) is 0.481. The van der Waals surface area contributed by atoms with E-state index in [1.165, 1.54) is 27.9 Å². The van der Waals surface area contributed by atoms with Gasteiger partial charge in [-0.25, -0.2) is 4.98 Å². The number of hydrogen-bond donors (Lipinski definition) is 0. The van der Waals surface area contributed by atoms with E-state index in [9.17, 15) is 4.79 Å². The molecule has 0 fully saturated rings. The van der Waals surface area contributed by atoms with Gasteiger partial charge in [-0.3, -0.25) is 4.79 Å². The van der Waals surface area contributed by atoms with Gasteiger partial charge in [-0.05, 0) is 78.7 Å². The normalized spacial score (nSPS) is 13.8. The highest BCUT2D eigenvalue weighted by Crippen LogP contribution is 2.36. The molecule has 1 aliphatic rings. The molecule has 0 atom stereocenters. The fourth-order valence-corrected chi connectivity index (χ4v) is 5.35. The third-order valence-electron chi connectivity index (χ3n) is 4.81. The van der Waals surface area contributed by atoms with E-state index in [-0.39, 0.29) is 5.56 Å². The second-order valence-electron chi connectivity index (χ2n) is 6.73. The molecule has 0 unspecified atom stereocenters. The first-order valence-corrected chi connectivity index (χ1v) is 11.4. The van der Waals surface area contributed by atoms with Crippen LogP contribution in [0.5, 0.6) is 11.5 Å². The van der Waals surface area contributed by atoms with E-state index in [1.54, 1.807) is 17.6 Å². The van der Waals surface area contributed by atoms with Gasteiger partial charge < -0.3 is 9.47 Å². The molecule has 0 radical (unpaired) electrons. The molecule has 0 aliphatic heterocycles. The van der Waals surface area contributed by atoms with Crippen LogP contribution in [0, 0.1) is 0 Å². The molecule has 1 aliphatic carbocycles. The summed E-state index contributed by atoms with van der Waals surface area (Å²) in [5, 5.41) is 5.11. The van der Waals surface area contributed by atoms with E-state index in [1.807, 2.05) is 26.0 Å². The van der Waals surface area contributed by atoms with Gasteiger partial charge in [0.2, 0.25) is 0 Å². The molecular weight excluding hydrogens is 454 g/mol. The number of aromatic nitrogens is 2. The Hall–Kier alpha value is -2.19. The highest BCUT2D eigenvalue weighted by Gasteiger charge is 2.20. The second kappa shape index (κ2) is 8.67. The first-order chi connectivity index (χ1) is 14.1. The first kappa shape index (κ1) is 20.1. The summed E-state index contributed by atoms with van der Waals surface area (Å²) in [4.78, 5) is 19.6. The van der Waals surface area contributed by atoms with Crippen molar-refractivity contribution in [3.8, 4) is 11.5 Å². The van der Waals surface area contributed by atoms with E-state index >= 15 is 0 Å². The standard InChI is InChI=1S/C21H22BrN3O3S/c1-3-27-16-10-13(9-15(22)19(16)28-4-2)11-24-25-12-23-20-18(21(25)26)14-7-5-6-8-17(14)29-20/h9-12H,3-8H2,1-2H3/b24-11-. The molecule has 2 heterocycles. The molecule has 8 heteroatoms. The Morgan fingerprint density at radius 2 is 2.03 bits per heavy atom. The lowest BCUT2D eigenvalue weighted by molar-refractivity contribution is 0.286. The number of halogens is 1. The maximum absolute atomic E-state index is 13.0. The zero-order chi connectivity index (χ0) is 20.4. The van der Waals surface area contributed by atoms with Crippen LogP contribution in [0.1, 0.15) is 42.7 Å². The van der Waals surface area contributed by atoms with E-state index < -0.39 is 0 Å². The topological polar surface area (TPSA) is 65.7 Å². The summed E-state index contributed by atoms with van der Waals surface area (Å²) in [6.45, 7) is 4.91. The monoisotopic (exact) mass is 475 g/mol. The molecule has 0 spiro atoms. The van der Waals surface area contributed by atoms with Gasteiger partial charge in [0.15, 0.2) is 11.5 Å². The molecule has 0 N–H and O–H groups in total. The van der Waals surface area contributed by atoms with Gasteiger partial charge in [-0.2, -0.15) is 9.78 Å². The zero-order valence-electron chi connectivity index (χ0n) is 16.4. The molecule has 3 aromatic rings. The zero-order valence-corrected chi connectivity index (χ0v) is 18.8. The maximum atomic E-state index is 13.0. The van der Waals surface area contributed by atoms with E-state index in [4.69, 9.17) is 9.47 Å². The van der Waals surface area contributed by atoms with Gasteiger partial charge in [-0.15, -0.1) is 11.3 Å². The van der Waals surface area contributed by atoms with Crippen molar-refractivity contribution < 1.29 is 9.47 Å². The van der Waals surface area contributed by atoms with Gasteiger partial charge >= 0.3 is 0 Å². The third-order valence-corrected chi connectivity index (χ3v) is 6.60. The van der Waals surface area contributed by atoms with Gasteiger partial charge in [0, 0.05) is 4.88 Å². The molecule has 0 bridgehead atoms. The molecular formula is C21H22BrN3O3S. The molecule has 0 saturated heterocycles. The van der Waals surface area contributed by atoms with Crippen LogP contribution in [-0.4, -0.2) is 29.1 Å². The number of rotatable bonds is 6. The van der Waals surface area contributed by atoms with Crippen molar-refractivity contribution in [3.05, 3.63) is 49.3 Å². The molecule has 6 nitrogen and oxygen atoms in total. The molecule has 2 aromatic heterocycles. The molecule has 1 aromatic carbocycles. The molecule has 4 rings (SSSR count). The number of hydrogen-bond acceptors (Lipinski definition) is 6. The fourth-order valence-electron chi connectivity index (χ4n) is 3.56. The summed E-state index contributed by atoms with van der Waals surface area (Å²) in [5.41, 5.74) is 1.85. The Morgan fingerprint density at radius 3 is 2.83 bits per heavy atom. The van der Waals surface area contributed by atoms with Gasteiger partial charge in [0.25, 0.3) is 5.56 Å². The van der Waals surface area contributed by atoms with Crippen molar-refractivity contribution in [2.75, 3.05) is 13.2 Å². The summed E-state index contributed by atoms with van der Waals surface area (Å²) in [7, 11) is 0. The Bertz CT molecular complexity index is 1140. The predicted molar refractivity (Wildman–Crippen MR) is 120 cm³/mol. The Morgan fingerprint density at radius 1 is 1.24 bits per heavy atom. The number of fused-ring (bicyclic) bond motifs is 3. The lowest BCUT2D eigenvalue weighted by atomic mass is 9.97. The van der Waals surface area contributed by atoms with Gasteiger partial charge in [0.05, 0.1) is 29.3 Å². The smallest absolute Gasteiger partial charge is 0.282 e. The molecule has 0 amide bonds. The highest BCUT2D eigenvalue weighted by molar-refractivity contribution is 9.10. The fraction of sp³-hybridized carbons (Fsp3) is 0.381.